The fraction of sp³-hybridized carbons (Fsp3) is 0.190. The highest BCUT2D eigenvalue weighted by Crippen LogP contribution is 2.27. The van der Waals surface area contributed by atoms with Crippen molar-refractivity contribution in [2.24, 2.45) is 0 Å². The molecule has 8 heteroatoms. The molecule has 150 valence electrons. The van der Waals surface area contributed by atoms with Crippen LogP contribution in [0.3, 0.4) is 0 Å². The van der Waals surface area contributed by atoms with Crippen LogP contribution in [0.25, 0.3) is 0 Å². The van der Waals surface area contributed by atoms with Crippen LogP contribution in [0, 0.1) is 0 Å². The van der Waals surface area contributed by atoms with Gasteiger partial charge in [0.1, 0.15) is 11.5 Å². The molecule has 2 N–H and O–H groups in total. The van der Waals surface area contributed by atoms with Crippen molar-refractivity contribution in [2.75, 3.05) is 14.2 Å². The number of carbonyl (C=O) groups excluding carboxylic acids is 2. The molecule has 0 aliphatic heterocycles. The van der Waals surface area contributed by atoms with Crippen LogP contribution in [0.1, 0.15) is 32.2 Å². The maximum Gasteiger partial charge on any atom is 0.270 e. The Morgan fingerprint density at radius 2 is 1.76 bits per heavy atom. The van der Waals surface area contributed by atoms with Crippen LogP contribution in [0.15, 0.2) is 59.3 Å². The van der Waals surface area contributed by atoms with Gasteiger partial charge in [0, 0.05) is 18.3 Å². The van der Waals surface area contributed by atoms with Crippen molar-refractivity contribution < 1.29 is 23.5 Å². The number of aromatic nitrogens is 1. The van der Waals surface area contributed by atoms with Gasteiger partial charge in [-0.05, 0) is 42.0 Å². The second-order valence-electron chi connectivity index (χ2n) is 6.06. The quantitative estimate of drug-likeness (QED) is 0.608. The molecule has 0 bridgehead atoms. The number of furan rings is 1. The molecule has 2 aromatic heterocycles. The van der Waals surface area contributed by atoms with E-state index in [9.17, 15) is 9.59 Å². The minimum absolute atomic E-state index is 0.149. The number of hydrogen-bond acceptors (Lipinski definition) is 6. The number of carbonyl (C=O) groups is 2. The molecule has 8 nitrogen and oxygen atoms in total. The molecule has 1 aromatic carbocycles. The summed E-state index contributed by atoms with van der Waals surface area (Å²) in [6, 6.07) is 11.9. The van der Waals surface area contributed by atoms with E-state index in [1.165, 1.54) is 18.5 Å². The first-order chi connectivity index (χ1) is 14.1. The van der Waals surface area contributed by atoms with E-state index in [1.807, 2.05) is 6.07 Å². The summed E-state index contributed by atoms with van der Waals surface area (Å²) in [7, 11) is 3.11. The first-order valence-electron chi connectivity index (χ1n) is 8.86. The smallest absolute Gasteiger partial charge is 0.270 e. The van der Waals surface area contributed by atoms with E-state index >= 15 is 0 Å². The standard InChI is InChI=1S/C21H21N3O5/c1-27-18-6-5-14(10-19(18)28-2)12-23-21(26)17-11-15(7-8-22-17)20(25)24-13-16-4-3-9-29-16/h3-11H,12-13H2,1-2H3,(H,23,26)(H,24,25). The maximum atomic E-state index is 12.4. The van der Waals surface area contributed by atoms with Gasteiger partial charge in [-0.1, -0.05) is 6.07 Å². The predicted octanol–water partition coefficient (Wildman–Crippen LogP) is 2.55. The van der Waals surface area contributed by atoms with E-state index in [4.69, 9.17) is 13.9 Å². The Balaban J connectivity index is 1.61. The molecule has 0 aliphatic carbocycles. The number of pyridine rings is 1. The molecule has 0 spiro atoms. The van der Waals surface area contributed by atoms with Crippen molar-refractivity contribution in [1.29, 1.82) is 0 Å². The van der Waals surface area contributed by atoms with Crippen molar-refractivity contribution in [3.63, 3.8) is 0 Å². The van der Waals surface area contributed by atoms with Gasteiger partial charge in [-0.2, -0.15) is 0 Å². The highest BCUT2D eigenvalue weighted by atomic mass is 16.5. The predicted molar refractivity (Wildman–Crippen MR) is 105 cm³/mol. The van der Waals surface area contributed by atoms with E-state index < -0.39 is 0 Å². The number of hydrogen-bond donors (Lipinski definition) is 2. The number of ether oxygens (including phenoxy) is 2. The molecular formula is C21H21N3O5. The Hall–Kier alpha value is -3.81. The third kappa shape index (κ3) is 5.13. The lowest BCUT2D eigenvalue weighted by atomic mass is 10.2. The van der Waals surface area contributed by atoms with Gasteiger partial charge in [0.05, 0.1) is 27.0 Å². The number of rotatable bonds is 8. The van der Waals surface area contributed by atoms with Gasteiger partial charge in [-0.15, -0.1) is 0 Å². The molecule has 0 saturated heterocycles. The van der Waals surface area contributed by atoms with Crippen LogP contribution in [-0.2, 0) is 13.1 Å². The molecule has 3 aromatic rings. The van der Waals surface area contributed by atoms with Crippen molar-refractivity contribution in [1.82, 2.24) is 15.6 Å². The van der Waals surface area contributed by atoms with E-state index in [0.717, 1.165) is 5.56 Å². The molecule has 2 amide bonds. The van der Waals surface area contributed by atoms with Gasteiger partial charge in [-0.25, -0.2) is 0 Å². The summed E-state index contributed by atoms with van der Waals surface area (Å²) in [5.41, 5.74) is 1.32. The van der Waals surface area contributed by atoms with Crippen LogP contribution >= 0.6 is 0 Å². The average Bonchev–Trinajstić information content (AvgIpc) is 3.29. The zero-order valence-electron chi connectivity index (χ0n) is 16.1. The van der Waals surface area contributed by atoms with Gasteiger partial charge >= 0.3 is 0 Å². The highest BCUT2D eigenvalue weighted by molar-refractivity contribution is 5.98. The summed E-state index contributed by atoms with van der Waals surface area (Å²) >= 11 is 0. The van der Waals surface area contributed by atoms with Gasteiger partial charge in [0.25, 0.3) is 11.8 Å². The summed E-state index contributed by atoms with van der Waals surface area (Å²) in [6.07, 6.45) is 2.96. The van der Waals surface area contributed by atoms with Crippen LogP contribution in [-0.4, -0.2) is 31.0 Å². The van der Waals surface area contributed by atoms with Crippen LogP contribution in [0.5, 0.6) is 11.5 Å². The van der Waals surface area contributed by atoms with Gasteiger partial charge in [0.15, 0.2) is 11.5 Å². The Morgan fingerprint density at radius 1 is 0.966 bits per heavy atom. The number of nitrogens with one attached hydrogen (secondary N) is 2. The number of methoxy groups -OCH3 is 2. The van der Waals surface area contributed by atoms with Gasteiger partial charge < -0.3 is 24.5 Å². The molecule has 29 heavy (non-hydrogen) atoms. The Labute approximate surface area is 167 Å². The lowest BCUT2D eigenvalue weighted by molar-refractivity contribution is 0.0946. The molecule has 0 radical (unpaired) electrons. The molecule has 3 rings (SSSR count). The SMILES string of the molecule is COc1ccc(CNC(=O)c2cc(C(=O)NCc3ccco3)ccn2)cc1OC. The Morgan fingerprint density at radius 3 is 2.48 bits per heavy atom. The first kappa shape index (κ1) is 19.9. The maximum absolute atomic E-state index is 12.4. The minimum atomic E-state index is -0.388. The monoisotopic (exact) mass is 395 g/mol. The second kappa shape index (κ2) is 9.41. The molecular weight excluding hydrogens is 374 g/mol. The fourth-order valence-electron chi connectivity index (χ4n) is 2.64. The van der Waals surface area contributed by atoms with E-state index in [0.29, 0.717) is 22.8 Å². The highest BCUT2D eigenvalue weighted by Gasteiger charge is 2.13. The van der Waals surface area contributed by atoms with Crippen LogP contribution in [0.2, 0.25) is 0 Å². The van der Waals surface area contributed by atoms with Crippen molar-refractivity contribution in [2.45, 2.75) is 13.1 Å². The number of benzene rings is 1. The average molecular weight is 395 g/mol. The molecule has 2 heterocycles. The van der Waals surface area contributed by atoms with E-state index in [2.05, 4.69) is 15.6 Å². The zero-order chi connectivity index (χ0) is 20.6. The summed E-state index contributed by atoms with van der Waals surface area (Å²) in [4.78, 5) is 28.8. The third-order valence-electron chi connectivity index (χ3n) is 4.16. The molecule has 0 saturated carbocycles. The summed E-state index contributed by atoms with van der Waals surface area (Å²) in [5, 5.41) is 5.51. The molecule has 0 aliphatic rings. The van der Waals surface area contributed by atoms with Crippen molar-refractivity contribution in [3.05, 3.63) is 77.5 Å². The molecule has 0 unspecified atom stereocenters. The largest absolute Gasteiger partial charge is 0.493 e. The minimum Gasteiger partial charge on any atom is -0.493 e. The number of nitrogens with zero attached hydrogens (tertiary/aromatic N) is 1. The zero-order valence-corrected chi connectivity index (χ0v) is 16.1. The van der Waals surface area contributed by atoms with Gasteiger partial charge in [0.2, 0.25) is 0 Å². The first-order valence-corrected chi connectivity index (χ1v) is 8.86. The van der Waals surface area contributed by atoms with Crippen LogP contribution < -0.4 is 20.1 Å². The van der Waals surface area contributed by atoms with E-state index in [-0.39, 0.29) is 30.6 Å². The van der Waals surface area contributed by atoms with Crippen LogP contribution in [0.4, 0.5) is 0 Å². The van der Waals surface area contributed by atoms with Crippen molar-refractivity contribution >= 4 is 11.8 Å². The van der Waals surface area contributed by atoms with E-state index in [1.54, 1.807) is 44.6 Å². The third-order valence-corrected chi connectivity index (χ3v) is 4.16. The Kier molecular flexibility index (Phi) is 6.47. The lowest BCUT2D eigenvalue weighted by Crippen LogP contribution is -2.26. The van der Waals surface area contributed by atoms with Crippen molar-refractivity contribution in [3.8, 4) is 11.5 Å². The summed E-state index contributed by atoms with van der Waals surface area (Å²) < 4.78 is 15.6. The topological polar surface area (TPSA) is 103 Å². The lowest BCUT2D eigenvalue weighted by Gasteiger charge is -2.10. The summed E-state index contributed by atoms with van der Waals surface area (Å²) in [5.74, 6) is 1.11. The van der Waals surface area contributed by atoms with Gasteiger partial charge in [-0.3, -0.25) is 14.6 Å². The normalized spacial score (nSPS) is 10.3. The second-order valence-corrected chi connectivity index (χ2v) is 6.06. The Bertz CT molecular complexity index is 986. The fourth-order valence-corrected chi connectivity index (χ4v) is 2.64. The molecule has 0 fully saturated rings. The number of amides is 2. The molecule has 0 atom stereocenters. The summed E-state index contributed by atoms with van der Waals surface area (Å²) in [6.45, 7) is 0.533.